The van der Waals surface area contributed by atoms with Gasteiger partial charge in [-0.1, -0.05) is 18.2 Å². The molecule has 84 valence electrons. The molecule has 2 heteroatoms. The smallest absolute Gasteiger partial charge is 0.0642 e. The van der Waals surface area contributed by atoms with Gasteiger partial charge < -0.3 is 10.1 Å². The van der Waals surface area contributed by atoms with Crippen LogP contribution in [0.25, 0.3) is 0 Å². The highest BCUT2D eigenvalue weighted by Crippen LogP contribution is 2.18. The van der Waals surface area contributed by atoms with Crippen LogP contribution in [0.15, 0.2) is 18.2 Å². The van der Waals surface area contributed by atoms with Gasteiger partial charge in [0, 0.05) is 12.2 Å². The molecular weight excluding hydrogens is 186 g/mol. The molecule has 0 aromatic heterocycles. The van der Waals surface area contributed by atoms with Gasteiger partial charge in [-0.15, -0.1) is 0 Å². The lowest BCUT2D eigenvalue weighted by atomic mass is 10.1. The Kier molecular flexibility index (Phi) is 4.63. The maximum absolute atomic E-state index is 5.48. The number of hydrogen-bond donors (Lipinski definition) is 1. The summed E-state index contributed by atoms with van der Waals surface area (Å²) < 4.78 is 5.48. The van der Waals surface area contributed by atoms with Crippen molar-refractivity contribution >= 4 is 5.69 Å². The summed E-state index contributed by atoms with van der Waals surface area (Å²) in [5, 5.41) is 3.41. The van der Waals surface area contributed by atoms with Gasteiger partial charge in [-0.05, 0) is 38.8 Å². The molecule has 0 saturated carbocycles. The van der Waals surface area contributed by atoms with Crippen molar-refractivity contribution in [2.75, 3.05) is 18.5 Å². The predicted molar refractivity (Wildman–Crippen MR) is 65.5 cm³/mol. The molecule has 0 amide bonds. The van der Waals surface area contributed by atoms with E-state index in [4.69, 9.17) is 4.74 Å². The molecule has 0 aliphatic rings. The van der Waals surface area contributed by atoms with Crippen molar-refractivity contribution in [3.8, 4) is 0 Å². The van der Waals surface area contributed by atoms with Crippen LogP contribution >= 0.6 is 0 Å². The Labute approximate surface area is 92.6 Å². The number of ether oxygens (including phenoxy) is 1. The summed E-state index contributed by atoms with van der Waals surface area (Å²) in [5.41, 5.74) is 3.82. The van der Waals surface area contributed by atoms with Crippen molar-refractivity contribution < 1.29 is 4.74 Å². The normalized spacial score (nSPS) is 10.7. The minimum Gasteiger partial charge on any atom is -0.382 e. The summed E-state index contributed by atoms with van der Waals surface area (Å²) in [6.07, 6.45) is 0.310. The fourth-order valence-corrected chi connectivity index (χ4v) is 1.56. The zero-order valence-corrected chi connectivity index (χ0v) is 10.1. The van der Waals surface area contributed by atoms with E-state index in [0.717, 1.165) is 13.2 Å². The number of aryl methyl sites for hydroxylation is 2. The second-order valence-corrected chi connectivity index (χ2v) is 4.11. The molecule has 0 heterocycles. The quantitative estimate of drug-likeness (QED) is 0.749. The summed E-state index contributed by atoms with van der Waals surface area (Å²) >= 11 is 0. The zero-order chi connectivity index (χ0) is 11.3. The summed E-state index contributed by atoms with van der Waals surface area (Å²) in [4.78, 5) is 0. The van der Waals surface area contributed by atoms with Gasteiger partial charge in [-0.2, -0.15) is 0 Å². The van der Waals surface area contributed by atoms with E-state index in [1.165, 1.54) is 16.8 Å². The van der Waals surface area contributed by atoms with Crippen molar-refractivity contribution in [2.24, 2.45) is 0 Å². The number of hydrogen-bond acceptors (Lipinski definition) is 2. The highest BCUT2D eigenvalue weighted by Gasteiger charge is 2.00. The molecule has 0 aliphatic carbocycles. The van der Waals surface area contributed by atoms with E-state index in [1.54, 1.807) is 0 Å². The van der Waals surface area contributed by atoms with E-state index in [9.17, 15) is 0 Å². The maximum atomic E-state index is 5.48. The second kappa shape index (κ2) is 5.76. The molecule has 0 unspecified atom stereocenters. The van der Waals surface area contributed by atoms with Gasteiger partial charge in [-0.3, -0.25) is 0 Å². The van der Waals surface area contributed by atoms with E-state index in [-0.39, 0.29) is 0 Å². The van der Waals surface area contributed by atoms with E-state index in [2.05, 4.69) is 51.2 Å². The molecular formula is C13H21NO. The van der Waals surface area contributed by atoms with Gasteiger partial charge >= 0.3 is 0 Å². The Morgan fingerprint density at radius 3 is 2.33 bits per heavy atom. The Bertz CT molecular complexity index is 287. The van der Waals surface area contributed by atoms with Crippen molar-refractivity contribution in [3.05, 3.63) is 29.3 Å². The van der Waals surface area contributed by atoms with Gasteiger partial charge in [0.15, 0.2) is 0 Å². The third-order valence-corrected chi connectivity index (χ3v) is 2.34. The van der Waals surface area contributed by atoms with E-state index < -0.39 is 0 Å². The lowest BCUT2D eigenvalue weighted by molar-refractivity contribution is 0.0870. The van der Waals surface area contributed by atoms with Crippen molar-refractivity contribution in [3.63, 3.8) is 0 Å². The average molecular weight is 207 g/mol. The lowest BCUT2D eigenvalue weighted by Crippen LogP contribution is -2.14. The van der Waals surface area contributed by atoms with Crippen LogP contribution in [0.5, 0.6) is 0 Å². The van der Waals surface area contributed by atoms with Crippen LogP contribution in [0.4, 0.5) is 5.69 Å². The first-order chi connectivity index (χ1) is 7.11. The summed E-state index contributed by atoms with van der Waals surface area (Å²) in [7, 11) is 0. The first-order valence-corrected chi connectivity index (χ1v) is 5.53. The minimum atomic E-state index is 0.310. The third kappa shape index (κ3) is 3.92. The van der Waals surface area contributed by atoms with Crippen molar-refractivity contribution in [1.82, 2.24) is 0 Å². The summed E-state index contributed by atoms with van der Waals surface area (Å²) in [5.74, 6) is 0. The van der Waals surface area contributed by atoms with Crippen LogP contribution in [0.1, 0.15) is 25.0 Å². The van der Waals surface area contributed by atoms with Crippen LogP contribution in [0.2, 0.25) is 0 Å². The van der Waals surface area contributed by atoms with Crippen LogP contribution in [-0.4, -0.2) is 19.3 Å². The summed E-state index contributed by atoms with van der Waals surface area (Å²) in [6.45, 7) is 9.98. The van der Waals surface area contributed by atoms with Crippen LogP contribution in [-0.2, 0) is 4.74 Å². The molecule has 0 saturated heterocycles. The maximum Gasteiger partial charge on any atom is 0.0642 e. The number of anilines is 1. The number of para-hydroxylation sites is 1. The van der Waals surface area contributed by atoms with Gasteiger partial charge in [-0.25, -0.2) is 0 Å². The average Bonchev–Trinajstić information content (AvgIpc) is 2.15. The number of benzene rings is 1. The highest BCUT2D eigenvalue weighted by atomic mass is 16.5. The molecule has 2 nitrogen and oxygen atoms in total. The van der Waals surface area contributed by atoms with Gasteiger partial charge in [0.2, 0.25) is 0 Å². The van der Waals surface area contributed by atoms with Gasteiger partial charge in [0.25, 0.3) is 0 Å². The Morgan fingerprint density at radius 1 is 1.20 bits per heavy atom. The topological polar surface area (TPSA) is 21.3 Å². The fraction of sp³-hybridized carbons (Fsp3) is 0.538. The Morgan fingerprint density at radius 2 is 1.80 bits per heavy atom. The first kappa shape index (κ1) is 12.1. The molecule has 0 bridgehead atoms. The van der Waals surface area contributed by atoms with Crippen LogP contribution in [0, 0.1) is 13.8 Å². The van der Waals surface area contributed by atoms with E-state index in [0.29, 0.717) is 6.10 Å². The zero-order valence-electron chi connectivity index (χ0n) is 10.1. The second-order valence-electron chi connectivity index (χ2n) is 4.11. The Hall–Kier alpha value is -1.02. The van der Waals surface area contributed by atoms with Crippen LogP contribution < -0.4 is 5.32 Å². The molecule has 0 spiro atoms. The fourth-order valence-electron chi connectivity index (χ4n) is 1.56. The van der Waals surface area contributed by atoms with Gasteiger partial charge in [0.1, 0.15) is 0 Å². The summed E-state index contributed by atoms with van der Waals surface area (Å²) in [6, 6.07) is 6.33. The van der Waals surface area contributed by atoms with E-state index in [1.807, 2.05) is 0 Å². The predicted octanol–water partition coefficient (Wildman–Crippen LogP) is 3.14. The molecule has 0 atom stereocenters. The molecule has 1 aromatic carbocycles. The van der Waals surface area contributed by atoms with Gasteiger partial charge in [0.05, 0.1) is 12.7 Å². The number of rotatable bonds is 5. The SMILES string of the molecule is Cc1cccc(C)c1NCCOC(C)C. The molecule has 0 aliphatic heterocycles. The highest BCUT2D eigenvalue weighted by molar-refractivity contribution is 5.56. The standard InChI is InChI=1S/C13H21NO/c1-10(2)15-9-8-14-13-11(3)6-5-7-12(13)4/h5-7,10,14H,8-9H2,1-4H3. The lowest BCUT2D eigenvalue weighted by Gasteiger charge is -2.13. The van der Waals surface area contributed by atoms with E-state index >= 15 is 0 Å². The van der Waals surface area contributed by atoms with Crippen LogP contribution in [0.3, 0.4) is 0 Å². The minimum absolute atomic E-state index is 0.310. The molecule has 15 heavy (non-hydrogen) atoms. The largest absolute Gasteiger partial charge is 0.382 e. The number of nitrogens with one attached hydrogen (secondary N) is 1. The Balaban J connectivity index is 2.43. The molecule has 1 aromatic rings. The first-order valence-electron chi connectivity index (χ1n) is 5.53. The van der Waals surface area contributed by atoms with Crippen molar-refractivity contribution in [1.29, 1.82) is 0 Å². The molecule has 0 fully saturated rings. The monoisotopic (exact) mass is 207 g/mol. The molecule has 1 N–H and O–H groups in total. The molecule has 0 radical (unpaired) electrons. The van der Waals surface area contributed by atoms with Crippen molar-refractivity contribution in [2.45, 2.75) is 33.8 Å². The molecule has 1 rings (SSSR count). The third-order valence-electron chi connectivity index (χ3n) is 2.34.